The van der Waals surface area contributed by atoms with Crippen molar-refractivity contribution in [2.45, 2.75) is 24.8 Å². The Bertz CT molecular complexity index is 560. The maximum absolute atomic E-state index is 11.9. The van der Waals surface area contributed by atoms with Crippen molar-refractivity contribution in [1.82, 2.24) is 5.32 Å². The monoisotopic (exact) mass is 331 g/mol. The van der Waals surface area contributed by atoms with Crippen LogP contribution in [0.15, 0.2) is 29.2 Å². The van der Waals surface area contributed by atoms with Gasteiger partial charge < -0.3 is 15.2 Å². The maximum Gasteiger partial charge on any atom is 0.300 e. The topological polar surface area (TPSA) is 102 Å². The molecule has 1 aliphatic heterocycles. The van der Waals surface area contributed by atoms with Crippen molar-refractivity contribution in [2.24, 2.45) is 0 Å². The fraction of sp³-hybridized carbons (Fsp3) is 0.500. The number of benzene rings is 1. The van der Waals surface area contributed by atoms with Gasteiger partial charge >= 0.3 is 0 Å². The molecule has 0 aromatic heterocycles. The quantitative estimate of drug-likeness (QED) is 0.786. The molecule has 1 aromatic rings. The first-order chi connectivity index (χ1) is 10.3. The van der Waals surface area contributed by atoms with Gasteiger partial charge in [-0.1, -0.05) is 17.7 Å². The van der Waals surface area contributed by atoms with Crippen LogP contribution in [0.25, 0.3) is 0 Å². The summed E-state index contributed by atoms with van der Waals surface area (Å²) in [5, 5.41) is 10.5. The molecule has 0 spiro atoms. The van der Waals surface area contributed by atoms with E-state index in [1.165, 1.54) is 0 Å². The predicted octanol–water partition coefficient (Wildman–Crippen LogP) is 0.780. The Hall–Kier alpha value is -1.48. The summed E-state index contributed by atoms with van der Waals surface area (Å²) in [5.41, 5.74) is 1.01. The molecule has 1 fully saturated rings. The molecule has 1 saturated heterocycles. The van der Waals surface area contributed by atoms with E-state index in [0.717, 1.165) is 19.0 Å². The van der Waals surface area contributed by atoms with Gasteiger partial charge in [0.1, 0.15) is 0 Å². The number of rotatable bonds is 4. The van der Waals surface area contributed by atoms with E-state index in [2.05, 4.69) is 5.32 Å². The Balaban J connectivity index is 0.000000541. The largest absolute Gasteiger partial charge is 0.481 e. The Labute approximate surface area is 130 Å². The van der Waals surface area contributed by atoms with Gasteiger partial charge in [0, 0.05) is 20.0 Å². The van der Waals surface area contributed by atoms with Crippen molar-refractivity contribution in [3.8, 4) is 0 Å². The first-order valence-corrected chi connectivity index (χ1v) is 8.20. The first-order valence-electron chi connectivity index (χ1n) is 6.79. The number of carbonyl (C=O) groups is 1. The van der Waals surface area contributed by atoms with Gasteiger partial charge in [0.25, 0.3) is 16.1 Å². The number of nitrogens with one attached hydrogen (secondary N) is 1. The molecule has 1 atom stereocenters. The second-order valence-electron chi connectivity index (χ2n) is 4.77. The number of morpholine rings is 1. The van der Waals surface area contributed by atoms with Crippen molar-refractivity contribution in [3.63, 3.8) is 0 Å². The number of aliphatic carboxylic acids is 1. The number of ether oxygens (including phenoxy) is 1. The molecule has 0 radical (unpaired) electrons. The van der Waals surface area contributed by atoms with Gasteiger partial charge in [-0.25, -0.2) is 0 Å². The first kappa shape index (κ1) is 18.6. The molecule has 2 N–H and O–H groups in total. The van der Waals surface area contributed by atoms with Gasteiger partial charge in [-0.15, -0.1) is 0 Å². The van der Waals surface area contributed by atoms with Gasteiger partial charge in [0.05, 0.1) is 24.2 Å². The standard InChI is InChI=1S/C12H17NO4S.C2H4O2/c1-10-2-4-12(5-3-10)18(14,15)17-9-11-8-13-6-7-16-11;1-2(3)4/h2-5,11,13H,6-9H2,1H3;1H3,(H,3,4). The molecule has 0 bridgehead atoms. The highest BCUT2D eigenvalue weighted by molar-refractivity contribution is 7.86. The Morgan fingerprint density at radius 3 is 2.50 bits per heavy atom. The molecule has 124 valence electrons. The molecular weight excluding hydrogens is 310 g/mol. The smallest absolute Gasteiger partial charge is 0.300 e. The lowest BCUT2D eigenvalue weighted by Crippen LogP contribution is -2.41. The lowest BCUT2D eigenvalue weighted by Gasteiger charge is -2.23. The Morgan fingerprint density at radius 1 is 1.41 bits per heavy atom. The number of hydrogen-bond acceptors (Lipinski definition) is 6. The SMILES string of the molecule is CC(=O)O.Cc1ccc(S(=O)(=O)OCC2CNCCO2)cc1. The molecule has 1 heterocycles. The highest BCUT2D eigenvalue weighted by atomic mass is 32.2. The second-order valence-corrected chi connectivity index (χ2v) is 6.38. The van der Waals surface area contributed by atoms with E-state index in [0.29, 0.717) is 13.2 Å². The minimum atomic E-state index is -3.68. The third kappa shape index (κ3) is 6.99. The molecule has 8 heteroatoms. The van der Waals surface area contributed by atoms with Crippen LogP contribution >= 0.6 is 0 Å². The number of carboxylic acids is 1. The molecule has 0 amide bonds. The summed E-state index contributed by atoms with van der Waals surface area (Å²) < 4.78 is 34.2. The highest BCUT2D eigenvalue weighted by Crippen LogP contribution is 2.14. The summed E-state index contributed by atoms with van der Waals surface area (Å²) >= 11 is 0. The summed E-state index contributed by atoms with van der Waals surface area (Å²) in [5.74, 6) is -0.833. The normalized spacial score (nSPS) is 18.2. The zero-order valence-corrected chi connectivity index (χ0v) is 13.4. The lowest BCUT2D eigenvalue weighted by atomic mass is 10.2. The number of carboxylic acid groups (broad SMARTS) is 1. The maximum atomic E-state index is 11.9. The van der Waals surface area contributed by atoms with Gasteiger partial charge in [-0.3, -0.25) is 8.98 Å². The van der Waals surface area contributed by atoms with E-state index < -0.39 is 16.1 Å². The third-order valence-corrected chi connectivity index (χ3v) is 4.02. The van der Waals surface area contributed by atoms with Gasteiger partial charge in [0.15, 0.2) is 0 Å². The summed E-state index contributed by atoms with van der Waals surface area (Å²) in [6.07, 6.45) is -0.209. The number of aryl methyl sites for hydroxylation is 1. The van der Waals surface area contributed by atoms with Crippen molar-refractivity contribution in [3.05, 3.63) is 29.8 Å². The van der Waals surface area contributed by atoms with Crippen LogP contribution in [0.1, 0.15) is 12.5 Å². The van der Waals surface area contributed by atoms with Crippen LogP contribution < -0.4 is 5.32 Å². The van der Waals surface area contributed by atoms with Gasteiger partial charge in [-0.05, 0) is 19.1 Å². The summed E-state index contributed by atoms with van der Waals surface area (Å²) in [7, 11) is -3.68. The van der Waals surface area contributed by atoms with E-state index in [-0.39, 0.29) is 17.6 Å². The number of hydrogen-bond donors (Lipinski definition) is 2. The summed E-state index contributed by atoms with van der Waals surface area (Å²) in [6.45, 7) is 5.02. The zero-order chi connectivity index (χ0) is 16.6. The fourth-order valence-corrected chi connectivity index (χ4v) is 2.60. The Morgan fingerprint density at radius 2 is 2.00 bits per heavy atom. The van der Waals surface area contributed by atoms with Crippen LogP contribution in [0.3, 0.4) is 0 Å². The van der Waals surface area contributed by atoms with Crippen molar-refractivity contribution < 1.29 is 27.2 Å². The van der Waals surface area contributed by atoms with Crippen LogP contribution in [-0.4, -0.2) is 51.9 Å². The van der Waals surface area contributed by atoms with Crippen molar-refractivity contribution in [2.75, 3.05) is 26.3 Å². The minimum absolute atomic E-state index is 0.0449. The molecule has 7 nitrogen and oxygen atoms in total. The fourth-order valence-electron chi connectivity index (χ4n) is 1.67. The molecule has 2 rings (SSSR count). The average molecular weight is 331 g/mol. The van der Waals surface area contributed by atoms with E-state index in [1.54, 1.807) is 24.3 Å². The second kappa shape index (κ2) is 8.84. The molecule has 0 aliphatic carbocycles. The summed E-state index contributed by atoms with van der Waals surface area (Å²) in [4.78, 5) is 9.18. The van der Waals surface area contributed by atoms with Crippen LogP contribution in [-0.2, 0) is 23.8 Å². The average Bonchev–Trinajstić information content (AvgIpc) is 2.46. The highest BCUT2D eigenvalue weighted by Gasteiger charge is 2.20. The van der Waals surface area contributed by atoms with E-state index >= 15 is 0 Å². The molecule has 0 saturated carbocycles. The van der Waals surface area contributed by atoms with Crippen molar-refractivity contribution >= 4 is 16.1 Å². The van der Waals surface area contributed by atoms with Crippen LogP contribution in [0.2, 0.25) is 0 Å². The van der Waals surface area contributed by atoms with Crippen molar-refractivity contribution in [1.29, 1.82) is 0 Å². The lowest BCUT2D eigenvalue weighted by molar-refractivity contribution is -0.134. The van der Waals surface area contributed by atoms with Crippen LogP contribution in [0.5, 0.6) is 0 Å². The minimum Gasteiger partial charge on any atom is -0.481 e. The Kier molecular flexibility index (Phi) is 7.46. The molecule has 22 heavy (non-hydrogen) atoms. The summed E-state index contributed by atoms with van der Waals surface area (Å²) in [6, 6.07) is 6.58. The zero-order valence-electron chi connectivity index (χ0n) is 12.6. The van der Waals surface area contributed by atoms with E-state index in [9.17, 15) is 8.42 Å². The molecule has 1 unspecified atom stereocenters. The van der Waals surface area contributed by atoms with Crippen LogP contribution in [0, 0.1) is 6.92 Å². The van der Waals surface area contributed by atoms with Gasteiger partial charge in [0.2, 0.25) is 0 Å². The molecule has 1 aromatic carbocycles. The predicted molar refractivity (Wildman–Crippen MR) is 80.2 cm³/mol. The third-order valence-electron chi connectivity index (χ3n) is 2.72. The van der Waals surface area contributed by atoms with E-state index in [4.69, 9.17) is 18.8 Å². The van der Waals surface area contributed by atoms with Gasteiger partial charge in [-0.2, -0.15) is 8.42 Å². The van der Waals surface area contributed by atoms with Crippen LogP contribution in [0.4, 0.5) is 0 Å². The van der Waals surface area contributed by atoms with E-state index in [1.807, 2.05) is 6.92 Å². The molecule has 1 aliphatic rings. The molecular formula is C14H21NO6S.